The molecule has 1 aromatic heterocycles. The van der Waals surface area contributed by atoms with Gasteiger partial charge in [0.05, 0.1) is 44.5 Å². The van der Waals surface area contributed by atoms with Crippen LogP contribution >= 0.6 is 11.3 Å². The predicted molar refractivity (Wildman–Crippen MR) is 409 cm³/mol. The van der Waals surface area contributed by atoms with Crippen molar-refractivity contribution in [3.05, 3.63) is 344 Å². The second-order valence-electron chi connectivity index (χ2n) is 27.1. The molecule has 0 saturated heterocycles. The fourth-order valence-electron chi connectivity index (χ4n) is 16.8. The van der Waals surface area contributed by atoms with Crippen molar-refractivity contribution in [3.8, 4) is 44.5 Å². The number of hydrogen-bond acceptors (Lipinski definition) is 5. The van der Waals surface area contributed by atoms with Crippen LogP contribution in [-0.4, -0.2) is 6.71 Å². The fourth-order valence-corrected chi connectivity index (χ4v) is 18.1. The maximum Gasteiger partial charge on any atom is 0.252 e. The van der Waals surface area contributed by atoms with Gasteiger partial charge in [0.15, 0.2) is 0 Å². The van der Waals surface area contributed by atoms with E-state index in [-0.39, 0.29) is 17.5 Å². The van der Waals surface area contributed by atoms with E-state index >= 15 is 0 Å². The zero-order valence-corrected chi connectivity index (χ0v) is 54.7. The van der Waals surface area contributed by atoms with Crippen molar-refractivity contribution < 1.29 is 0 Å². The minimum atomic E-state index is -0.298. The second kappa shape index (κ2) is 21.6. The van der Waals surface area contributed by atoms with Crippen LogP contribution in [0.1, 0.15) is 49.9 Å². The van der Waals surface area contributed by atoms with Crippen LogP contribution in [0.5, 0.6) is 0 Å². The van der Waals surface area contributed by atoms with E-state index in [0.29, 0.717) is 0 Å². The topological polar surface area (TPSA) is 13.0 Å². The molecule has 96 heavy (non-hydrogen) atoms. The molecule has 0 saturated carbocycles. The Morgan fingerprint density at radius 3 is 1.04 bits per heavy atom. The van der Waals surface area contributed by atoms with Gasteiger partial charge in [-0.1, -0.05) is 276 Å². The van der Waals surface area contributed by atoms with Gasteiger partial charge in [0.25, 0.3) is 6.71 Å². The average Bonchev–Trinajstić information content (AvgIpc) is 1.08. The van der Waals surface area contributed by atoms with E-state index in [9.17, 15) is 0 Å². The Morgan fingerprint density at radius 1 is 0.271 bits per heavy atom. The quantitative estimate of drug-likeness (QED) is 0.141. The van der Waals surface area contributed by atoms with Gasteiger partial charge in [0.2, 0.25) is 0 Å². The Labute approximate surface area is 565 Å². The van der Waals surface area contributed by atoms with Gasteiger partial charge in [-0.2, -0.15) is 0 Å². The third kappa shape index (κ3) is 8.28. The number of para-hydroxylation sites is 6. The Hall–Kier alpha value is -11.4. The lowest BCUT2D eigenvalue weighted by atomic mass is 9.33. The highest BCUT2D eigenvalue weighted by molar-refractivity contribution is 7.26. The smallest absolute Gasteiger partial charge is 0.252 e. The number of fused-ring (bicyclic) bond motifs is 12. The third-order valence-corrected chi connectivity index (χ3v) is 22.4. The summed E-state index contributed by atoms with van der Waals surface area (Å²) in [5.74, 6) is 0. The van der Waals surface area contributed by atoms with E-state index in [1.54, 1.807) is 0 Å². The van der Waals surface area contributed by atoms with Gasteiger partial charge in [-0.3, -0.25) is 0 Å². The predicted octanol–water partition coefficient (Wildman–Crippen LogP) is 23.0. The lowest BCUT2D eigenvalue weighted by Crippen LogP contribution is -2.61. The molecule has 15 aromatic rings. The summed E-state index contributed by atoms with van der Waals surface area (Å²) in [5.41, 5.74) is 31.5. The first kappa shape index (κ1) is 56.1. The van der Waals surface area contributed by atoms with Crippen LogP contribution in [-0.2, 0) is 10.8 Å². The number of nitrogens with zero attached hydrogens (tertiary/aromatic N) is 4. The van der Waals surface area contributed by atoms with E-state index < -0.39 is 0 Å². The van der Waals surface area contributed by atoms with E-state index in [4.69, 9.17) is 0 Å². The summed E-state index contributed by atoms with van der Waals surface area (Å²) in [6, 6.07) is 121. The molecule has 0 bridgehead atoms. The molecular weight excluding hydrogens is 1180 g/mol. The highest BCUT2D eigenvalue weighted by Gasteiger charge is 2.48. The monoisotopic (exact) mass is 1240 g/mol. The molecule has 19 rings (SSSR count). The number of rotatable bonds is 8. The lowest BCUT2D eigenvalue weighted by molar-refractivity contribution is 0.632. The Bertz CT molecular complexity index is 5310. The molecule has 0 aliphatic carbocycles. The first-order valence-corrected chi connectivity index (χ1v) is 34.3. The molecule has 4 aliphatic heterocycles. The zero-order valence-electron chi connectivity index (χ0n) is 53.9. The molecule has 454 valence electrons. The van der Waals surface area contributed by atoms with Crippen LogP contribution in [0.4, 0.5) is 68.2 Å². The van der Waals surface area contributed by atoms with Crippen LogP contribution in [0.2, 0.25) is 0 Å². The molecule has 0 N–H and O–H groups in total. The van der Waals surface area contributed by atoms with Crippen molar-refractivity contribution in [2.24, 2.45) is 0 Å². The number of anilines is 12. The third-order valence-electron chi connectivity index (χ3n) is 21.2. The minimum absolute atomic E-state index is 0.245. The van der Waals surface area contributed by atoms with Gasteiger partial charge in [0.1, 0.15) is 0 Å². The average molecular weight is 1250 g/mol. The summed E-state index contributed by atoms with van der Waals surface area (Å²) in [6.45, 7) is 9.24. The number of benzene rings is 14. The molecule has 0 fully saturated rings. The lowest BCUT2D eigenvalue weighted by Gasteiger charge is -2.47. The van der Waals surface area contributed by atoms with Crippen LogP contribution in [0.25, 0.3) is 64.7 Å². The molecule has 6 heteroatoms. The summed E-state index contributed by atoms with van der Waals surface area (Å²) >= 11 is 1.92. The molecule has 0 unspecified atom stereocenters. The van der Waals surface area contributed by atoms with Crippen molar-refractivity contribution in [3.63, 3.8) is 0 Å². The minimum Gasteiger partial charge on any atom is -0.310 e. The van der Waals surface area contributed by atoms with Crippen LogP contribution in [0.15, 0.2) is 322 Å². The normalized spacial score (nSPS) is 14.3. The van der Waals surface area contributed by atoms with Crippen molar-refractivity contribution in [1.82, 2.24) is 0 Å². The van der Waals surface area contributed by atoms with Crippen molar-refractivity contribution >= 4 is 123 Å². The fraction of sp³-hybridized carbons (Fsp3) is 0.0667. The zero-order chi connectivity index (χ0) is 64.0. The first-order chi connectivity index (χ1) is 47.2. The largest absolute Gasteiger partial charge is 0.310 e. The maximum atomic E-state index is 2.73. The van der Waals surface area contributed by atoms with Crippen molar-refractivity contribution in [1.29, 1.82) is 0 Å². The van der Waals surface area contributed by atoms with Crippen molar-refractivity contribution in [2.45, 2.75) is 38.5 Å². The maximum absolute atomic E-state index is 2.73. The molecular formula is C90H65BN4S. The molecule has 4 aliphatic rings. The summed E-state index contributed by atoms with van der Waals surface area (Å²) in [4.78, 5) is 10.5. The summed E-state index contributed by atoms with van der Waals surface area (Å²) in [6.07, 6.45) is 0. The Morgan fingerprint density at radius 2 is 0.625 bits per heavy atom. The van der Waals surface area contributed by atoms with Crippen molar-refractivity contribution in [2.75, 3.05) is 19.6 Å². The molecule has 5 heterocycles. The number of thiophene rings is 1. The molecule has 4 nitrogen and oxygen atoms in total. The van der Waals surface area contributed by atoms with E-state index in [1.807, 2.05) is 11.3 Å². The molecule has 0 radical (unpaired) electrons. The standard InChI is InChI=1S/C90H65BN4S/c1-89(2)70-42-18-22-46-76(70)92(77-47-23-19-43-71(77)89)62-51-53-80-74(55-62)91-75-56-63(93-78-48-24-20-44-72(78)90(3,4)73-45-21-25-49-79(73)93)52-54-81(75)95(86-66(60-33-13-7-14-34-60)40-28-41-67(86)61-35-15-8-16-36-61)87-84(91)82(57-69-68-37-17-26-50-83(68)96-88(69)87)94(80)85-64(58-29-9-5-10-30-58)38-27-39-65(85)59-31-11-6-12-32-59/h5-57H,1-4H3. The van der Waals surface area contributed by atoms with Crippen LogP contribution in [0, 0.1) is 0 Å². The Kier molecular flexibility index (Phi) is 12.6. The Balaban J connectivity index is 1.00. The highest BCUT2D eigenvalue weighted by atomic mass is 32.1. The molecule has 0 amide bonds. The van der Waals surface area contributed by atoms with E-state index in [2.05, 4.69) is 369 Å². The molecule has 0 atom stereocenters. The van der Waals surface area contributed by atoms with Gasteiger partial charge in [0, 0.05) is 77.0 Å². The number of hydrogen-bond donors (Lipinski definition) is 0. The van der Waals surface area contributed by atoms with Gasteiger partial charge in [-0.25, -0.2) is 0 Å². The van der Waals surface area contributed by atoms with Gasteiger partial charge >= 0.3 is 0 Å². The SMILES string of the molecule is CC1(C)c2ccccc2N(c2ccc3c(c2)B2c4cc(N5c6ccccc6C(C)(C)c6ccccc65)ccc4N(c4c(-c5ccccc5)cccc4-c4ccccc4)c4c2c(cc2c4sc4ccccc42)N3c2c(-c3ccccc3)cccc2-c2ccccc2)c2ccccc21. The highest BCUT2D eigenvalue weighted by Crippen LogP contribution is 2.59. The van der Waals surface area contributed by atoms with Gasteiger partial charge in [-0.15, -0.1) is 11.3 Å². The summed E-state index contributed by atoms with van der Waals surface area (Å²) in [7, 11) is 0. The van der Waals surface area contributed by atoms with Crippen LogP contribution < -0.4 is 36.0 Å². The van der Waals surface area contributed by atoms with Crippen LogP contribution in [0.3, 0.4) is 0 Å². The first-order valence-electron chi connectivity index (χ1n) is 33.5. The molecule has 14 aromatic carbocycles. The summed E-state index contributed by atoms with van der Waals surface area (Å²) in [5, 5.41) is 2.47. The molecule has 0 spiro atoms. The van der Waals surface area contributed by atoms with Gasteiger partial charge < -0.3 is 19.6 Å². The summed E-state index contributed by atoms with van der Waals surface area (Å²) < 4.78 is 2.50. The second-order valence-corrected chi connectivity index (χ2v) is 28.1. The van der Waals surface area contributed by atoms with E-state index in [1.165, 1.54) is 87.3 Å². The van der Waals surface area contributed by atoms with E-state index in [0.717, 1.165) is 84.3 Å². The van der Waals surface area contributed by atoms with Gasteiger partial charge in [-0.05, 0) is 134 Å².